The maximum atomic E-state index is 13.0. The summed E-state index contributed by atoms with van der Waals surface area (Å²) in [5, 5.41) is 0.262. The smallest absolute Gasteiger partial charge is 0.361 e. The lowest BCUT2D eigenvalue weighted by molar-refractivity contribution is 0.475. The van der Waals surface area contributed by atoms with Crippen molar-refractivity contribution in [2.75, 3.05) is 4.31 Å². The normalized spacial score (nSPS) is 12.3. The van der Waals surface area contributed by atoms with Crippen molar-refractivity contribution in [3.63, 3.8) is 0 Å². The fraction of sp³-hybridized carbons (Fsp3) is 0. The molecule has 0 spiro atoms. The second-order valence-electron chi connectivity index (χ2n) is 8.01. The first kappa shape index (κ1) is 25.9. The van der Waals surface area contributed by atoms with E-state index in [4.69, 9.17) is 8.60 Å². The Morgan fingerprint density at radius 2 is 1.53 bits per heavy atom. The van der Waals surface area contributed by atoms with Crippen molar-refractivity contribution in [2.45, 2.75) is 4.90 Å². The van der Waals surface area contributed by atoms with Crippen molar-refractivity contribution in [3.8, 4) is 16.9 Å². The van der Waals surface area contributed by atoms with E-state index in [1.165, 1.54) is 30.3 Å². The maximum absolute atomic E-state index is 13.0. The highest BCUT2D eigenvalue weighted by Crippen LogP contribution is 2.33. The Kier molecular flexibility index (Phi) is 7.17. The third-order valence-electron chi connectivity index (χ3n) is 5.57. The minimum Gasteiger partial charge on any atom is -0.755 e. The van der Waals surface area contributed by atoms with Crippen LogP contribution in [0.4, 0.5) is 11.4 Å². The molecule has 0 saturated carbocycles. The molecule has 0 radical (unpaired) electrons. The van der Waals surface area contributed by atoms with Gasteiger partial charge in [-0.2, -0.15) is 8.42 Å². The van der Waals surface area contributed by atoms with Crippen LogP contribution in [-0.4, -0.2) is 17.2 Å². The molecule has 38 heavy (non-hydrogen) atoms. The molecule has 5 rings (SSSR count). The fourth-order valence-electron chi connectivity index (χ4n) is 3.83. The molecule has 192 valence electrons. The summed E-state index contributed by atoms with van der Waals surface area (Å²) in [6.07, 6.45) is 0. The molecule has 0 amide bonds. The van der Waals surface area contributed by atoms with Crippen LogP contribution in [0.25, 0.3) is 22.1 Å². The van der Waals surface area contributed by atoms with Crippen LogP contribution in [0, 0.1) is 0 Å². The molecule has 8 nitrogen and oxygen atoms in total. The van der Waals surface area contributed by atoms with Gasteiger partial charge in [0.05, 0.1) is 17.0 Å². The third-order valence-corrected chi connectivity index (χ3v) is 8.00. The highest BCUT2D eigenvalue weighted by Gasteiger charge is 2.22. The zero-order valence-electron chi connectivity index (χ0n) is 19.3. The summed E-state index contributed by atoms with van der Waals surface area (Å²) in [7, 11) is -4.25. The minimum atomic E-state index is -4.25. The van der Waals surface area contributed by atoms with Gasteiger partial charge in [0.2, 0.25) is 0 Å². The number of hydrogen-bond acceptors (Lipinski definition) is 7. The molecular formula is C27H17BrNO7S2-. The quantitative estimate of drug-likeness (QED) is 0.127. The van der Waals surface area contributed by atoms with Gasteiger partial charge in [0.25, 0.3) is 0 Å². The van der Waals surface area contributed by atoms with Crippen LogP contribution in [-0.2, 0) is 21.4 Å². The van der Waals surface area contributed by atoms with Crippen molar-refractivity contribution in [1.29, 1.82) is 0 Å². The standard InChI is InChI=1S/C27H18BrNO7S2/c28-21-9-5-10-23(17-21)38(33,34)36-25-11-4-8-20-16-24(27(30)35-26(20)25)29(37(31)32)22-14-12-19(13-15-22)18-6-2-1-3-7-18/h1-17H,(H,31,32)/p-1. The molecule has 1 unspecified atom stereocenters. The van der Waals surface area contributed by atoms with Gasteiger partial charge in [-0.1, -0.05) is 76.6 Å². The number of rotatable bonds is 7. The van der Waals surface area contributed by atoms with Gasteiger partial charge in [-0.3, -0.25) is 8.51 Å². The van der Waals surface area contributed by atoms with Crippen LogP contribution in [0.2, 0.25) is 0 Å². The maximum Gasteiger partial charge on any atom is 0.361 e. The molecule has 11 heteroatoms. The molecule has 5 aromatic rings. The lowest BCUT2D eigenvalue weighted by Crippen LogP contribution is -2.25. The molecule has 0 aliphatic heterocycles. The van der Waals surface area contributed by atoms with E-state index in [2.05, 4.69) is 15.9 Å². The van der Waals surface area contributed by atoms with E-state index in [0.717, 1.165) is 15.4 Å². The summed E-state index contributed by atoms with van der Waals surface area (Å²) in [6.45, 7) is 0. The molecule has 0 aliphatic carbocycles. The molecule has 4 aromatic carbocycles. The van der Waals surface area contributed by atoms with Gasteiger partial charge in [0.1, 0.15) is 10.6 Å². The van der Waals surface area contributed by atoms with Crippen LogP contribution in [0.15, 0.2) is 122 Å². The number of para-hydroxylation sites is 1. The molecule has 1 aromatic heterocycles. The second-order valence-corrected chi connectivity index (χ2v) is 11.3. The number of benzene rings is 4. The first-order valence-electron chi connectivity index (χ1n) is 11.0. The van der Waals surface area contributed by atoms with Gasteiger partial charge in [-0.15, -0.1) is 0 Å². The average molecular weight is 611 g/mol. The van der Waals surface area contributed by atoms with Gasteiger partial charge < -0.3 is 13.2 Å². The molecule has 1 atom stereocenters. The number of halogens is 1. The summed E-state index contributed by atoms with van der Waals surface area (Å²) >= 11 is 0.356. The van der Waals surface area contributed by atoms with E-state index in [9.17, 15) is 22.0 Å². The number of hydrogen-bond donors (Lipinski definition) is 0. The topological polar surface area (TPSA) is 117 Å². The zero-order chi connectivity index (χ0) is 26.9. The fourth-order valence-corrected chi connectivity index (χ4v) is 5.94. The SMILES string of the molecule is O=c1oc2c(OS(=O)(=O)c3cccc(Br)c3)cccc2cc1N(c1ccc(-c2ccccc2)cc1)S(=O)[O-]. The summed E-state index contributed by atoms with van der Waals surface area (Å²) in [6, 6.07) is 27.8. The van der Waals surface area contributed by atoms with E-state index in [1.54, 1.807) is 42.5 Å². The molecule has 0 bridgehead atoms. The lowest BCUT2D eigenvalue weighted by Gasteiger charge is -2.25. The average Bonchev–Trinajstić information content (AvgIpc) is 2.90. The molecule has 0 aliphatic rings. The number of anilines is 2. The van der Waals surface area contributed by atoms with E-state index < -0.39 is 27.0 Å². The first-order chi connectivity index (χ1) is 18.2. The molecule has 1 heterocycles. The van der Waals surface area contributed by atoms with E-state index in [-0.39, 0.29) is 33.0 Å². The zero-order valence-corrected chi connectivity index (χ0v) is 22.5. The van der Waals surface area contributed by atoms with Crippen molar-refractivity contribution in [3.05, 3.63) is 118 Å². The summed E-state index contributed by atoms with van der Waals surface area (Å²) in [5.74, 6) is -0.215. The van der Waals surface area contributed by atoms with Crippen LogP contribution < -0.4 is 14.1 Å². The van der Waals surface area contributed by atoms with E-state index in [1.807, 2.05) is 30.3 Å². The van der Waals surface area contributed by atoms with Crippen molar-refractivity contribution in [2.24, 2.45) is 0 Å². The number of nitrogens with zero attached hydrogens (tertiary/aromatic N) is 1. The van der Waals surface area contributed by atoms with Gasteiger partial charge in [0, 0.05) is 9.86 Å². The molecule has 0 fully saturated rings. The minimum absolute atomic E-state index is 0.102. The van der Waals surface area contributed by atoms with E-state index in [0.29, 0.717) is 4.47 Å². The highest BCUT2D eigenvalue weighted by molar-refractivity contribution is 9.10. The Morgan fingerprint density at radius 3 is 2.21 bits per heavy atom. The Bertz CT molecular complexity index is 1820. The molecule has 0 N–H and O–H groups in total. The predicted molar refractivity (Wildman–Crippen MR) is 147 cm³/mol. The Balaban J connectivity index is 1.53. The van der Waals surface area contributed by atoms with Gasteiger partial charge >= 0.3 is 15.7 Å². The van der Waals surface area contributed by atoms with Crippen LogP contribution in [0.3, 0.4) is 0 Å². The third kappa shape index (κ3) is 5.27. The van der Waals surface area contributed by atoms with E-state index >= 15 is 0 Å². The van der Waals surface area contributed by atoms with Gasteiger partial charge in [0.15, 0.2) is 11.3 Å². The molecular weight excluding hydrogens is 594 g/mol. The van der Waals surface area contributed by atoms with Gasteiger partial charge in [-0.25, -0.2) is 4.79 Å². The Morgan fingerprint density at radius 1 is 0.842 bits per heavy atom. The highest BCUT2D eigenvalue weighted by atomic mass is 79.9. The van der Waals surface area contributed by atoms with Crippen LogP contribution in [0.5, 0.6) is 5.75 Å². The van der Waals surface area contributed by atoms with Gasteiger partial charge in [-0.05, 0) is 53.6 Å². The lowest BCUT2D eigenvalue weighted by atomic mass is 10.1. The van der Waals surface area contributed by atoms with Crippen LogP contribution in [0.1, 0.15) is 0 Å². The van der Waals surface area contributed by atoms with Crippen LogP contribution >= 0.6 is 15.9 Å². The van der Waals surface area contributed by atoms with Crippen molar-refractivity contribution in [1.82, 2.24) is 0 Å². The number of fused-ring (bicyclic) bond motifs is 1. The Labute approximate surface area is 228 Å². The monoisotopic (exact) mass is 610 g/mol. The Hall–Kier alpha value is -3.77. The summed E-state index contributed by atoms with van der Waals surface area (Å²) in [5.41, 5.74) is 0.620. The summed E-state index contributed by atoms with van der Waals surface area (Å²) < 4.78 is 62.1. The predicted octanol–water partition coefficient (Wildman–Crippen LogP) is 5.92. The largest absolute Gasteiger partial charge is 0.755 e. The summed E-state index contributed by atoms with van der Waals surface area (Å²) in [4.78, 5) is 12.9. The first-order valence-corrected chi connectivity index (χ1v) is 14.3. The van der Waals surface area contributed by atoms with Crippen molar-refractivity contribution >= 4 is 59.7 Å². The second kappa shape index (κ2) is 10.5. The molecule has 0 saturated heterocycles. The van der Waals surface area contributed by atoms with Crippen molar-refractivity contribution < 1.29 is 25.8 Å².